The zero-order chi connectivity index (χ0) is 12.1. The van der Waals surface area contributed by atoms with E-state index in [0.29, 0.717) is 6.61 Å². The third-order valence-electron chi connectivity index (χ3n) is 2.48. The van der Waals surface area contributed by atoms with Crippen LogP contribution in [0, 0.1) is 6.92 Å². The van der Waals surface area contributed by atoms with Gasteiger partial charge < -0.3 is 9.47 Å². The molecule has 1 rings (SSSR count). The van der Waals surface area contributed by atoms with Crippen LogP contribution in [0.5, 0.6) is 5.75 Å². The van der Waals surface area contributed by atoms with Crippen molar-refractivity contribution in [2.24, 2.45) is 0 Å². The predicted octanol–water partition coefficient (Wildman–Crippen LogP) is 2.60. The van der Waals surface area contributed by atoms with Crippen LogP contribution in [0.2, 0.25) is 0 Å². The summed E-state index contributed by atoms with van der Waals surface area (Å²) in [6.45, 7) is 4.74. The quantitative estimate of drug-likeness (QED) is 0.716. The zero-order valence-electron chi connectivity index (χ0n) is 10.8. The van der Waals surface area contributed by atoms with Gasteiger partial charge in [-0.1, -0.05) is 6.07 Å². The minimum atomic E-state index is -0.00521. The summed E-state index contributed by atoms with van der Waals surface area (Å²) in [7, 11) is 5.72. The molecule has 0 radical (unpaired) electrons. The van der Waals surface area contributed by atoms with Gasteiger partial charge in [-0.25, -0.2) is 0 Å². The van der Waals surface area contributed by atoms with E-state index >= 15 is 0 Å². The molecule has 0 aliphatic rings. The molecule has 0 saturated carbocycles. The van der Waals surface area contributed by atoms with Crippen molar-refractivity contribution < 1.29 is 9.47 Å². The van der Waals surface area contributed by atoms with Crippen LogP contribution < -0.4 is 4.74 Å². The lowest BCUT2D eigenvalue weighted by molar-refractivity contribution is -0.00547. The fraction of sp³-hybridized carbons (Fsp3) is 0.538. The maximum atomic E-state index is 5.51. The topological polar surface area (TPSA) is 21.7 Å². The Morgan fingerprint density at radius 1 is 1.31 bits per heavy atom. The Labute approximate surface area is 98.0 Å². The Bertz CT molecular complexity index is 337. The van der Waals surface area contributed by atoms with Gasteiger partial charge in [0.15, 0.2) is 0 Å². The maximum absolute atomic E-state index is 5.51. The van der Waals surface area contributed by atoms with Gasteiger partial charge in [0.05, 0.1) is 6.61 Å². The molecule has 16 heavy (non-hydrogen) atoms. The van der Waals surface area contributed by atoms with Gasteiger partial charge in [-0.2, -0.15) is 0 Å². The fourth-order valence-electron chi connectivity index (χ4n) is 1.79. The highest BCUT2D eigenvalue weighted by Gasteiger charge is 2.13. The average Bonchev–Trinajstić information content (AvgIpc) is 2.22. The third kappa shape index (κ3) is 2.97. The van der Waals surface area contributed by atoms with Crippen molar-refractivity contribution in [3.05, 3.63) is 29.3 Å². The van der Waals surface area contributed by atoms with Gasteiger partial charge in [-0.05, 0) is 51.2 Å². The Morgan fingerprint density at radius 2 is 2.00 bits per heavy atom. The van der Waals surface area contributed by atoms with E-state index < -0.39 is 0 Å². The van der Waals surface area contributed by atoms with Crippen molar-refractivity contribution in [3.63, 3.8) is 0 Å². The molecule has 0 heterocycles. The second-order valence-corrected chi connectivity index (χ2v) is 4.01. The first-order chi connectivity index (χ1) is 7.60. The molecule has 0 N–H and O–H groups in total. The van der Waals surface area contributed by atoms with Crippen LogP contribution in [0.15, 0.2) is 18.2 Å². The highest BCUT2D eigenvalue weighted by molar-refractivity contribution is 5.37. The highest BCUT2D eigenvalue weighted by Crippen LogP contribution is 2.25. The van der Waals surface area contributed by atoms with E-state index in [1.165, 1.54) is 0 Å². The van der Waals surface area contributed by atoms with E-state index in [9.17, 15) is 0 Å². The number of hydrogen-bond acceptors (Lipinski definition) is 3. The van der Waals surface area contributed by atoms with Crippen LogP contribution in [-0.4, -0.2) is 32.7 Å². The number of methoxy groups -OCH3 is 1. The summed E-state index contributed by atoms with van der Waals surface area (Å²) in [4.78, 5) is 2.04. The number of nitrogens with zero attached hydrogens (tertiary/aromatic N) is 1. The molecule has 0 amide bonds. The SMILES string of the molecule is CCOc1ccc(C(OC)N(C)C)cc1C. The number of aryl methyl sites for hydroxylation is 1. The Kier molecular flexibility index (Phi) is 4.77. The largest absolute Gasteiger partial charge is 0.494 e. The van der Waals surface area contributed by atoms with E-state index in [-0.39, 0.29) is 6.23 Å². The lowest BCUT2D eigenvalue weighted by Gasteiger charge is -2.23. The summed E-state index contributed by atoms with van der Waals surface area (Å²) in [6.07, 6.45) is -0.00521. The molecule has 1 aromatic rings. The second-order valence-electron chi connectivity index (χ2n) is 4.01. The van der Waals surface area contributed by atoms with Crippen molar-refractivity contribution in [2.75, 3.05) is 27.8 Å². The van der Waals surface area contributed by atoms with Gasteiger partial charge in [0.1, 0.15) is 12.0 Å². The van der Waals surface area contributed by atoms with Crippen LogP contribution in [0.1, 0.15) is 24.3 Å². The molecule has 0 bridgehead atoms. The number of rotatable bonds is 5. The molecule has 3 heteroatoms. The first-order valence-electron chi connectivity index (χ1n) is 5.52. The number of hydrogen-bond donors (Lipinski definition) is 0. The van der Waals surface area contributed by atoms with E-state index in [4.69, 9.17) is 9.47 Å². The monoisotopic (exact) mass is 223 g/mol. The molecule has 0 saturated heterocycles. The lowest BCUT2D eigenvalue weighted by Crippen LogP contribution is -2.21. The maximum Gasteiger partial charge on any atom is 0.135 e. The van der Waals surface area contributed by atoms with Crippen molar-refractivity contribution in [1.29, 1.82) is 0 Å². The smallest absolute Gasteiger partial charge is 0.135 e. The fourth-order valence-corrected chi connectivity index (χ4v) is 1.79. The van der Waals surface area contributed by atoms with E-state index in [2.05, 4.69) is 13.0 Å². The van der Waals surface area contributed by atoms with E-state index in [1.54, 1.807) is 7.11 Å². The Hall–Kier alpha value is -1.06. The van der Waals surface area contributed by atoms with Crippen LogP contribution in [0.4, 0.5) is 0 Å². The first-order valence-corrected chi connectivity index (χ1v) is 5.52. The first kappa shape index (κ1) is 13.0. The average molecular weight is 223 g/mol. The molecule has 0 fully saturated rings. The molecular weight excluding hydrogens is 202 g/mol. The van der Waals surface area contributed by atoms with Crippen LogP contribution in [0.3, 0.4) is 0 Å². The molecule has 0 aromatic heterocycles. The lowest BCUT2D eigenvalue weighted by atomic mass is 10.1. The Balaban J connectivity index is 2.95. The third-order valence-corrected chi connectivity index (χ3v) is 2.48. The number of ether oxygens (including phenoxy) is 2. The standard InChI is InChI=1S/C13H21NO2/c1-6-16-12-8-7-11(9-10(12)2)13(15-5)14(3)4/h7-9,13H,6H2,1-5H3. The number of benzene rings is 1. The van der Waals surface area contributed by atoms with Gasteiger partial charge in [0.25, 0.3) is 0 Å². The van der Waals surface area contributed by atoms with Crippen LogP contribution >= 0.6 is 0 Å². The second kappa shape index (κ2) is 5.87. The van der Waals surface area contributed by atoms with Gasteiger partial charge in [0, 0.05) is 7.11 Å². The van der Waals surface area contributed by atoms with Crippen molar-refractivity contribution >= 4 is 0 Å². The van der Waals surface area contributed by atoms with Crippen molar-refractivity contribution in [2.45, 2.75) is 20.1 Å². The van der Waals surface area contributed by atoms with E-state index in [1.807, 2.05) is 38.1 Å². The summed E-state index contributed by atoms with van der Waals surface area (Å²) in [5.74, 6) is 0.944. The molecule has 0 aliphatic carbocycles. The summed E-state index contributed by atoms with van der Waals surface area (Å²) in [5, 5.41) is 0. The van der Waals surface area contributed by atoms with Gasteiger partial charge in [0.2, 0.25) is 0 Å². The van der Waals surface area contributed by atoms with Crippen LogP contribution in [-0.2, 0) is 4.74 Å². The predicted molar refractivity (Wildman–Crippen MR) is 65.8 cm³/mol. The summed E-state index contributed by atoms with van der Waals surface area (Å²) in [5.41, 5.74) is 2.29. The molecule has 1 atom stereocenters. The molecule has 0 aliphatic heterocycles. The minimum Gasteiger partial charge on any atom is -0.494 e. The minimum absolute atomic E-state index is 0.00521. The molecule has 0 spiro atoms. The Morgan fingerprint density at radius 3 is 2.44 bits per heavy atom. The summed E-state index contributed by atoms with van der Waals surface area (Å²) in [6, 6.07) is 6.16. The zero-order valence-corrected chi connectivity index (χ0v) is 10.8. The highest BCUT2D eigenvalue weighted by atomic mass is 16.5. The summed E-state index contributed by atoms with van der Waals surface area (Å²) < 4.78 is 10.9. The van der Waals surface area contributed by atoms with Crippen molar-refractivity contribution in [1.82, 2.24) is 4.90 Å². The van der Waals surface area contributed by atoms with Crippen LogP contribution in [0.25, 0.3) is 0 Å². The normalized spacial score (nSPS) is 12.9. The molecule has 1 unspecified atom stereocenters. The molecule has 1 aromatic carbocycles. The van der Waals surface area contributed by atoms with E-state index in [0.717, 1.165) is 16.9 Å². The van der Waals surface area contributed by atoms with Gasteiger partial charge in [-0.3, -0.25) is 4.90 Å². The van der Waals surface area contributed by atoms with Gasteiger partial charge >= 0.3 is 0 Å². The molecule has 90 valence electrons. The molecular formula is C13H21NO2. The van der Waals surface area contributed by atoms with Crippen molar-refractivity contribution in [3.8, 4) is 5.75 Å². The summed E-state index contributed by atoms with van der Waals surface area (Å²) >= 11 is 0. The van der Waals surface area contributed by atoms with Gasteiger partial charge in [-0.15, -0.1) is 0 Å². The molecule has 3 nitrogen and oxygen atoms in total.